The number of carbonyl (C=O) groups is 1. The first-order valence-corrected chi connectivity index (χ1v) is 13.4. The molecule has 1 aromatic heterocycles. The van der Waals surface area contributed by atoms with Crippen LogP contribution >= 0.6 is 0 Å². The Labute approximate surface area is 237 Å². The number of benzene rings is 5. The van der Waals surface area contributed by atoms with Crippen molar-refractivity contribution in [2.24, 2.45) is 7.05 Å². The van der Waals surface area contributed by atoms with E-state index in [1.54, 1.807) is 37.4 Å². The Balaban J connectivity index is 1.60. The summed E-state index contributed by atoms with van der Waals surface area (Å²) >= 11 is 0. The second kappa shape index (κ2) is 10.7. The third-order valence-corrected chi connectivity index (χ3v) is 7.59. The summed E-state index contributed by atoms with van der Waals surface area (Å²) in [6.07, 6.45) is -0.188. The highest BCUT2D eigenvalue weighted by Crippen LogP contribution is 2.44. The highest BCUT2D eigenvalue weighted by atomic mass is 16.3. The molecule has 6 aromatic rings. The second-order valence-electron chi connectivity index (χ2n) is 10.0. The van der Waals surface area contributed by atoms with Crippen LogP contribution < -0.4 is 10.5 Å². The van der Waals surface area contributed by atoms with E-state index in [2.05, 4.69) is 0 Å². The van der Waals surface area contributed by atoms with Gasteiger partial charge in [-0.25, -0.2) is 0 Å². The van der Waals surface area contributed by atoms with E-state index < -0.39 is 17.4 Å². The van der Waals surface area contributed by atoms with E-state index in [1.165, 1.54) is 4.57 Å². The number of carbonyl (C=O) groups excluding carboxylic acids is 1. The quantitative estimate of drug-likeness (QED) is 0.208. The number of nitrogens with zero attached hydrogens (tertiary/aromatic N) is 2. The van der Waals surface area contributed by atoms with Gasteiger partial charge in [-0.3, -0.25) is 9.59 Å². The minimum Gasteiger partial charge on any atom is -0.508 e. The number of ketones is 1. The molecule has 0 spiro atoms. The zero-order valence-corrected chi connectivity index (χ0v) is 22.4. The van der Waals surface area contributed by atoms with Gasteiger partial charge in [0.1, 0.15) is 17.1 Å². The van der Waals surface area contributed by atoms with Crippen molar-refractivity contribution in [3.63, 3.8) is 0 Å². The molecule has 0 saturated carbocycles. The Morgan fingerprint density at radius 1 is 0.732 bits per heavy atom. The average Bonchev–Trinajstić information content (AvgIpc) is 3.01. The van der Waals surface area contributed by atoms with Crippen molar-refractivity contribution < 1.29 is 15.0 Å². The zero-order valence-electron chi connectivity index (χ0n) is 22.4. The number of hydrogen-bond donors (Lipinski definition) is 2. The maximum atomic E-state index is 14.2. The van der Waals surface area contributed by atoms with Crippen molar-refractivity contribution in [2.45, 2.75) is 12.5 Å². The molecular weight excluding hydrogens is 512 g/mol. The van der Waals surface area contributed by atoms with Crippen LogP contribution in [0.2, 0.25) is 0 Å². The largest absolute Gasteiger partial charge is 0.508 e. The first kappa shape index (κ1) is 25.9. The maximum absolute atomic E-state index is 14.2. The number of aromatic nitrogens is 1. The number of Topliss-reactive ketones (excluding diaryl/α,β-unsaturated/α-hetero) is 1. The van der Waals surface area contributed by atoms with Gasteiger partial charge in [-0.2, -0.15) is 0 Å². The fourth-order valence-electron chi connectivity index (χ4n) is 5.65. The number of fused-ring (bicyclic) bond motifs is 2. The van der Waals surface area contributed by atoms with E-state index in [0.717, 1.165) is 22.1 Å². The fraction of sp³-hybridized carbons (Fsp3) is 0.0857. The van der Waals surface area contributed by atoms with Crippen molar-refractivity contribution in [3.8, 4) is 11.5 Å². The summed E-state index contributed by atoms with van der Waals surface area (Å²) in [5.74, 6) is -0.822. The van der Waals surface area contributed by atoms with Crippen molar-refractivity contribution in [3.05, 3.63) is 143 Å². The van der Waals surface area contributed by atoms with E-state index in [0.29, 0.717) is 16.5 Å². The molecular formula is C35H28N2O4. The van der Waals surface area contributed by atoms with Crippen LogP contribution in [-0.2, 0) is 7.05 Å². The van der Waals surface area contributed by atoms with Gasteiger partial charge < -0.3 is 19.7 Å². The monoisotopic (exact) mass is 540 g/mol. The molecule has 1 atom stereocenters. The normalized spacial score (nSPS) is 11.9. The van der Waals surface area contributed by atoms with Gasteiger partial charge in [-0.05, 0) is 53.2 Å². The van der Waals surface area contributed by atoms with Crippen molar-refractivity contribution in [1.82, 2.24) is 4.57 Å². The summed E-state index contributed by atoms with van der Waals surface area (Å²) in [5, 5.41) is 24.7. The molecule has 0 aliphatic carbocycles. The van der Waals surface area contributed by atoms with Crippen LogP contribution in [0.3, 0.4) is 0 Å². The summed E-state index contributed by atoms with van der Waals surface area (Å²) in [6, 6.07) is 36.7. The standard InChI is InChI=1S/C35H28N2O4/c1-36-28-19-11-10-18-27(28)34(40)33(35(36)41)31(39)22-29(32-26-17-9-8-12-23(26)20-21-30(32)38)37(24-13-4-2-5-14-24)25-15-6-3-7-16-25/h2-21,29,38,40H,22H2,1H3/t29-/m0/s1. The van der Waals surface area contributed by atoms with E-state index >= 15 is 0 Å². The molecule has 6 nitrogen and oxygen atoms in total. The smallest absolute Gasteiger partial charge is 0.265 e. The van der Waals surface area contributed by atoms with E-state index in [-0.39, 0.29) is 23.5 Å². The van der Waals surface area contributed by atoms with Crippen LogP contribution in [0.1, 0.15) is 28.4 Å². The molecule has 0 saturated heterocycles. The van der Waals surface area contributed by atoms with Crippen molar-refractivity contribution >= 4 is 38.8 Å². The molecule has 6 heteroatoms. The SMILES string of the molecule is Cn1c(=O)c(C(=O)C[C@@H](c2c(O)ccc3ccccc23)N(c2ccccc2)c2ccccc2)c(O)c2ccccc21. The number of aryl methyl sites for hydroxylation is 1. The highest BCUT2D eigenvalue weighted by Gasteiger charge is 2.32. The molecule has 0 aliphatic rings. The minimum atomic E-state index is -0.728. The predicted octanol–water partition coefficient (Wildman–Crippen LogP) is 7.26. The Hall–Kier alpha value is -5.36. The summed E-state index contributed by atoms with van der Waals surface area (Å²) in [7, 11) is 1.59. The van der Waals surface area contributed by atoms with Crippen LogP contribution in [0.25, 0.3) is 21.7 Å². The van der Waals surface area contributed by atoms with Crippen LogP contribution in [0.4, 0.5) is 11.4 Å². The molecule has 5 aromatic carbocycles. The van der Waals surface area contributed by atoms with Gasteiger partial charge in [0.25, 0.3) is 5.56 Å². The molecule has 0 radical (unpaired) electrons. The first-order chi connectivity index (χ1) is 20.0. The molecule has 2 N–H and O–H groups in total. The van der Waals surface area contributed by atoms with Gasteiger partial charge in [0.05, 0.1) is 11.6 Å². The Bertz CT molecular complexity index is 1910. The van der Waals surface area contributed by atoms with E-state index in [9.17, 15) is 19.8 Å². The number of aromatic hydroxyl groups is 2. The summed E-state index contributed by atoms with van der Waals surface area (Å²) in [6.45, 7) is 0. The van der Waals surface area contributed by atoms with Crippen molar-refractivity contribution in [1.29, 1.82) is 0 Å². The third-order valence-electron chi connectivity index (χ3n) is 7.59. The highest BCUT2D eigenvalue weighted by molar-refractivity contribution is 6.04. The Kier molecular flexibility index (Phi) is 6.73. The zero-order chi connectivity index (χ0) is 28.5. The summed E-state index contributed by atoms with van der Waals surface area (Å²) < 4.78 is 1.39. The number of para-hydroxylation sites is 3. The van der Waals surface area contributed by atoms with E-state index in [1.807, 2.05) is 95.9 Å². The second-order valence-corrected chi connectivity index (χ2v) is 10.0. The minimum absolute atomic E-state index is 0.0361. The molecule has 0 fully saturated rings. The number of pyridine rings is 1. The Morgan fingerprint density at radius 2 is 1.29 bits per heavy atom. The summed E-state index contributed by atoms with van der Waals surface area (Å²) in [5.41, 5.74) is 1.86. The third kappa shape index (κ3) is 4.59. The van der Waals surface area contributed by atoms with Crippen LogP contribution in [-0.4, -0.2) is 20.6 Å². The summed E-state index contributed by atoms with van der Waals surface area (Å²) in [4.78, 5) is 29.7. The van der Waals surface area contributed by atoms with Gasteiger partial charge in [-0.1, -0.05) is 78.9 Å². The topological polar surface area (TPSA) is 82.8 Å². The van der Waals surface area contributed by atoms with Gasteiger partial charge in [0.15, 0.2) is 5.78 Å². The molecule has 0 aliphatic heterocycles. The van der Waals surface area contributed by atoms with Crippen LogP contribution in [0.5, 0.6) is 11.5 Å². The number of anilines is 2. The molecule has 41 heavy (non-hydrogen) atoms. The van der Waals surface area contributed by atoms with Gasteiger partial charge >= 0.3 is 0 Å². The molecule has 6 rings (SSSR count). The number of hydrogen-bond acceptors (Lipinski definition) is 5. The number of phenols is 1. The van der Waals surface area contributed by atoms with Gasteiger partial charge in [0.2, 0.25) is 0 Å². The average molecular weight is 541 g/mol. The lowest BCUT2D eigenvalue weighted by atomic mass is 9.90. The maximum Gasteiger partial charge on any atom is 0.265 e. The molecule has 0 amide bonds. The van der Waals surface area contributed by atoms with E-state index in [4.69, 9.17) is 0 Å². The molecule has 1 heterocycles. The van der Waals surface area contributed by atoms with Gasteiger partial charge in [-0.15, -0.1) is 0 Å². The van der Waals surface area contributed by atoms with Gasteiger partial charge in [0, 0.05) is 35.8 Å². The lowest BCUT2D eigenvalue weighted by Gasteiger charge is -2.35. The number of phenolic OH excluding ortho intramolecular Hbond substituents is 1. The van der Waals surface area contributed by atoms with Crippen LogP contribution in [0, 0.1) is 0 Å². The van der Waals surface area contributed by atoms with Crippen molar-refractivity contribution in [2.75, 3.05) is 4.90 Å². The molecule has 0 bridgehead atoms. The fourth-order valence-corrected chi connectivity index (χ4v) is 5.65. The van der Waals surface area contributed by atoms with Crippen LogP contribution in [0.15, 0.2) is 126 Å². The lowest BCUT2D eigenvalue weighted by Crippen LogP contribution is -2.30. The number of rotatable bonds is 7. The molecule has 202 valence electrons. The predicted molar refractivity (Wildman–Crippen MR) is 163 cm³/mol. The Morgan fingerprint density at radius 3 is 1.95 bits per heavy atom. The lowest BCUT2D eigenvalue weighted by molar-refractivity contribution is 0.0969. The first-order valence-electron chi connectivity index (χ1n) is 13.4. The molecule has 0 unspecified atom stereocenters.